The summed E-state index contributed by atoms with van der Waals surface area (Å²) < 4.78 is 25.4. The van der Waals surface area contributed by atoms with Gasteiger partial charge >= 0.3 is 0 Å². The number of sulfonamides is 1. The van der Waals surface area contributed by atoms with Crippen molar-refractivity contribution >= 4 is 16.0 Å². The second kappa shape index (κ2) is 3.84. The van der Waals surface area contributed by atoms with E-state index in [-0.39, 0.29) is 5.95 Å². The number of hydrogen-bond donors (Lipinski definition) is 3. The molecule has 0 amide bonds. The van der Waals surface area contributed by atoms with Crippen LogP contribution in [0.3, 0.4) is 0 Å². The summed E-state index contributed by atoms with van der Waals surface area (Å²) in [6.45, 7) is 1.58. The van der Waals surface area contributed by atoms with Crippen LogP contribution >= 0.6 is 0 Å². The average Bonchev–Trinajstić information content (AvgIpc) is 2.69. The molecule has 1 aromatic heterocycles. The van der Waals surface area contributed by atoms with E-state index in [9.17, 15) is 8.42 Å². The van der Waals surface area contributed by atoms with Crippen LogP contribution in [0.2, 0.25) is 0 Å². The van der Waals surface area contributed by atoms with Gasteiger partial charge in [0.2, 0.25) is 10.0 Å². The van der Waals surface area contributed by atoms with Gasteiger partial charge in [-0.3, -0.25) is 0 Å². The molecule has 0 spiro atoms. The maximum absolute atomic E-state index is 12.2. The Kier molecular flexibility index (Phi) is 2.62. The van der Waals surface area contributed by atoms with Crippen molar-refractivity contribution in [3.8, 4) is 0 Å². The summed E-state index contributed by atoms with van der Waals surface area (Å²) in [5.74, 6) is -0.0900. The molecule has 1 unspecified atom stereocenters. The predicted molar refractivity (Wildman–Crippen MR) is 61.2 cm³/mol. The largest absolute Gasteiger partial charge is 0.399 e. The van der Waals surface area contributed by atoms with E-state index < -0.39 is 14.8 Å². The number of nitrogens with zero attached hydrogens (tertiary/aromatic N) is 3. The Morgan fingerprint density at radius 3 is 2.94 bits per heavy atom. The lowest BCUT2D eigenvalue weighted by Gasteiger charge is -2.26. The summed E-state index contributed by atoms with van der Waals surface area (Å²) in [5, 5.41) is 12.5. The van der Waals surface area contributed by atoms with Crippen molar-refractivity contribution in [1.29, 1.82) is 0 Å². The smallest absolute Gasteiger partial charge is 0.276 e. The third-order valence-electron chi connectivity index (χ3n) is 2.49. The molecule has 0 fully saturated rings. The molecule has 0 saturated heterocycles. The Labute approximate surface area is 98.0 Å². The number of nitrogens with one attached hydrogen (secondary N) is 2. The number of anilines is 1. The standard InChI is InChI=1S/C8H12N6O2S/c1-8(4-2-3-6(9)5-8)17(15,16)12-7-10-13-14-11-7/h2-3,5H,4,9H2,1H3,(H2,10,11,12,13,14). The van der Waals surface area contributed by atoms with E-state index >= 15 is 0 Å². The molecule has 92 valence electrons. The molecule has 1 heterocycles. The molecule has 0 aromatic carbocycles. The number of aromatic nitrogens is 4. The van der Waals surface area contributed by atoms with E-state index in [1.165, 1.54) is 6.08 Å². The highest BCUT2D eigenvalue weighted by Gasteiger charge is 2.38. The molecular weight excluding hydrogens is 244 g/mol. The van der Waals surface area contributed by atoms with Crippen molar-refractivity contribution in [3.63, 3.8) is 0 Å². The Morgan fingerprint density at radius 1 is 1.59 bits per heavy atom. The number of allylic oxidation sites excluding steroid dienone is 2. The molecule has 0 saturated carbocycles. The molecular formula is C8H12N6O2S. The van der Waals surface area contributed by atoms with E-state index in [0.29, 0.717) is 12.1 Å². The van der Waals surface area contributed by atoms with Gasteiger partial charge in [-0.1, -0.05) is 11.2 Å². The zero-order chi connectivity index (χ0) is 12.5. The second-order valence-electron chi connectivity index (χ2n) is 3.90. The van der Waals surface area contributed by atoms with Crippen molar-refractivity contribution in [2.45, 2.75) is 18.1 Å². The lowest BCUT2D eigenvalue weighted by molar-refractivity contribution is 0.566. The lowest BCUT2D eigenvalue weighted by atomic mass is 10.0. The maximum Gasteiger partial charge on any atom is 0.276 e. The van der Waals surface area contributed by atoms with E-state index in [4.69, 9.17) is 5.73 Å². The van der Waals surface area contributed by atoms with Crippen LogP contribution in [0, 0.1) is 0 Å². The summed E-state index contributed by atoms with van der Waals surface area (Å²) in [6.07, 6.45) is 5.21. The Hall–Kier alpha value is -1.90. The molecule has 17 heavy (non-hydrogen) atoms. The first-order valence-corrected chi connectivity index (χ1v) is 6.32. The minimum absolute atomic E-state index is 0.0900. The zero-order valence-corrected chi connectivity index (χ0v) is 9.90. The molecule has 0 radical (unpaired) electrons. The molecule has 8 nitrogen and oxygen atoms in total. The molecule has 1 aromatic rings. The summed E-state index contributed by atoms with van der Waals surface area (Å²) in [4.78, 5) is 0. The fourth-order valence-corrected chi connectivity index (χ4v) is 2.68. The highest BCUT2D eigenvalue weighted by atomic mass is 32.2. The fraction of sp³-hybridized carbons (Fsp3) is 0.375. The van der Waals surface area contributed by atoms with E-state index in [1.807, 2.05) is 0 Å². The molecule has 0 bridgehead atoms. The number of H-pyrrole nitrogens is 1. The van der Waals surface area contributed by atoms with Crippen LogP contribution < -0.4 is 10.5 Å². The van der Waals surface area contributed by atoms with Gasteiger partial charge in [0.1, 0.15) is 4.75 Å². The summed E-state index contributed by atoms with van der Waals surface area (Å²) in [6, 6.07) is 0. The monoisotopic (exact) mass is 256 g/mol. The van der Waals surface area contributed by atoms with Gasteiger partial charge in [0.15, 0.2) is 0 Å². The summed E-state index contributed by atoms with van der Waals surface area (Å²) in [7, 11) is -3.68. The molecule has 2 rings (SSSR count). The van der Waals surface area contributed by atoms with E-state index in [1.54, 1.807) is 19.1 Å². The summed E-state index contributed by atoms with van der Waals surface area (Å²) in [5.41, 5.74) is 6.03. The normalized spacial score (nSPS) is 24.4. The van der Waals surface area contributed by atoms with Crippen LogP contribution in [-0.4, -0.2) is 33.8 Å². The lowest BCUT2D eigenvalue weighted by Crippen LogP contribution is -2.39. The minimum Gasteiger partial charge on any atom is -0.399 e. The maximum atomic E-state index is 12.2. The zero-order valence-electron chi connectivity index (χ0n) is 9.08. The third-order valence-corrected chi connectivity index (χ3v) is 4.45. The van der Waals surface area contributed by atoms with Crippen LogP contribution in [0.4, 0.5) is 5.95 Å². The fourth-order valence-electron chi connectivity index (χ4n) is 1.52. The second-order valence-corrected chi connectivity index (χ2v) is 6.05. The van der Waals surface area contributed by atoms with Gasteiger partial charge in [-0.15, -0.1) is 5.10 Å². The number of aromatic amines is 1. The molecule has 4 N–H and O–H groups in total. The van der Waals surface area contributed by atoms with Crippen molar-refractivity contribution in [3.05, 3.63) is 23.9 Å². The van der Waals surface area contributed by atoms with Gasteiger partial charge in [0.05, 0.1) is 0 Å². The van der Waals surface area contributed by atoms with Crippen LogP contribution in [0.1, 0.15) is 13.3 Å². The predicted octanol–water partition coefficient (Wildman–Crippen LogP) is -0.497. The quantitative estimate of drug-likeness (QED) is 0.669. The number of nitrogens with two attached hydrogens (primary N) is 1. The van der Waals surface area contributed by atoms with Gasteiger partial charge in [-0.2, -0.15) is 5.21 Å². The Morgan fingerprint density at radius 2 is 2.35 bits per heavy atom. The number of rotatable bonds is 3. The molecule has 9 heteroatoms. The first-order chi connectivity index (χ1) is 7.93. The summed E-state index contributed by atoms with van der Waals surface area (Å²) >= 11 is 0. The van der Waals surface area contributed by atoms with E-state index in [0.717, 1.165) is 0 Å². The van der Waals surface area contributed by atoms with Crippen LogP contribution in [-0.2, 0) is 10.0 Å². The first-order valence-electron chi connectivity index (χ1n) is 4.84. The van der Waals surface area contributed by atoms with Crippen molar-refractivity contribution < 1.29 is 8.42 Å². The highest BCUT2D eigenvalue weighted by Crippen LogP contribution is 2.28. The SMILES string of the molecule is CC1(S(=O)(=O)Nc2nn[nH]n2)C=C(N)C=CC1. The topological polar surface area (TPSA) is 127 Å². The van der Waals surface area contributed by atoms with Crippen LogP contribution in [0.5, 0.6) is 0 Å². The minimum atomic E-state index is -3.68. The van der Waals surface area contributed by atoms with Gasteiger partial charge in [-0.05, 0) is 30.7 Å². The van der Waals surface area contributed by atoms with Gasteiger partial charge < -0.3 is 5.73 Å². The van der Waals surface area contributed by atoms with Gasteiger partial charge in [0.25, 0.3) is 5.95 Å². The van der Waals surface area contributed by atoms with Crippen molar-refractivity contribution in [2.75, 3.05) is 4.72 Å². The van der Waals surface area contributed by atoms with Crippen molar-refractivity contribution in [1.82, 2.24) is 20.6 Å². The Balaban J connectivity index is 2.30. The van der Waals surface area contributed by atoms with Crippen LogP contribution in [0.15, 0.2) is 23.9 Å². The molecule has 1 atom stereocenters. The Bertz CT molecular complexity index is 561. The van der Waals surface area contributed by atoms with Crippen LogP contribution in [0.25, 0.3) is 0 Å². The molecule has 1 aliphatic carbocycles. The van der Waals surface area contributed by atoms with Crippen molar-refractivity contribution in [2.24, 2.45) is 5.73 Å². The van der Waals surface area contributed by atoms with E-state index in [2.05, 4.69) is 25.3 Å². The molecule has 1 aliphatic rings. The van der Waals surface area contributed by atoms with Gasteiger partial charge in [0, 0.05) is 5.70 Å². The van der Waals surface area contributed by atoms with Gasteiger partial charge in [-0.25, -0.2) is 13.1 Å². The first kappa shape index (κ1) is 11.6. The molecule has 0 aliphatic heterocycles. The average molecular weight is 256 g/mol. The third kappa shape index (κ3) is 2.13. The number of tetrazole rings is 1. The number of hydrogen-bond acceptors (Lipinski definition) is 6. The highest BCUT2D eigenvalue weighted by molar-refractivity contribution is 7.94.